The molecule has 0 spiro atoms. The van der Waals surface area contributed by atoms with Gasteiger partial charge >= 0.3 is 0 Å². The van der Waals surface area contributed by atoms with Gasteiger partial charge in [0.1, 0.15) is 0 Å². The van der Waals surface area contributed by atoms with Crippen molar-refractivity contribution in [2.24, 2.45) is 11.3 Å². The zero-order chi connectivity index (χ0) is 16.0. The smallest absolute Gasteiger partial charge is 0.156 e. The van der Waals surface area contributed by atoms with E-state index >= 15 is 0 Å². The number of allylic oxidation sites excluding steroid dienone is 2. The van der Waals surface area contributed by atoms with Crippen molar-refractivity contribution in [2.75, 3.05) is 26.3 Å². The zero-order valence-corrected chi connectivity index (χ0v) is 12.9. The molecule has 0 aromatic heterocycles. The molecule has 0 bridgehead atoms. The van der Waals surface area contributed by atoms with Crippen LogP contribution in [0.4, 0.5) is 0 Å². The van der Waals surface area contributed by atoms with Crippen LogP contribution in [0.25, 0.3) is 0 Å². The van der Waals surface area contributed by atoms with Crippen LogP contribution in [0.1, 0.15) is 40.0 Å². The van der Waals surface area contributed by atoms with Crippen LogP contribution in [0.2, 0.25) is 0 Å². The van der Waals surface area contributed by atoms with Gasteiger partial charge in [0.15, 0.2) is 5.78 Å². The third-order valence-electron chi connectivity index (χ3n) is 2.62. The molecule has 1 aliphatic rings. The Balaban J connectivity index is 0. The normalized spacial score (nSPS) is 16.4. The Labute approximate surface area is 121 Å². The molecular formula is C14H30N2O4. The van der Waals surface area contributed by atoms with E-state index in [1.54, 1.807) is 6.08 Å². The van der Waals surface area contributed by atoms with Gasteiger partial charge in [-0.1, -0.05) is 19.4 Å². The van der Waals surface area contributed by atoms with Crippen molar-refractivity contribution < 1.29 is 20.2 Å². The van der Waals surface area contributed by atoms with Crippen LogP contribution >= 0.6 is 0 Å². The van der Waals surface area contributed by atoms with Crippen LogP contribution < -0.4 is 11.2 Å². The fourth-order valence-electron chi connectivity index (χ4n) is 2.07. The summed E-state index contributed by atoms with van der Waals surface area (Å²) in [5.41, 5.74) is 1.43. The number of rotatable bonds is 5. The molecule has 0 amide bonds. The minimum atomic E-state index is 0.172. The van der Waals surface area contributed by atoms with Gasteiger partial charge in [-0.2, -0.15) is 0 Å². The molecule has 0 aromatic carbocycles. The van der Waals surface area contributed by atoms with Gasteiger partial charge in [0, 0.05) is 19.6 Å². The first-order valence-corrected chi connectivity index (χ1v) is 6.79. The molecule has 0 atom stereocenters. The Morgan fingerprint density at radius 1 is 1.20 bits per heavy atom. The highest BCUT2D eigenvalue weighted by Gasteiger charge is 2.25. The van der Waals surface area contributed by atoms with Gasteiger partial charge in [-0.05, 0) is 37.8 Å². The Morgan fingerprint density at radius 2 is 1.80 bits per heavy atom. The predicted molar refractivity (Wildman–Crippen MR) is 79.4 cm³/mol. The minimum Gasteiger partial charge on any atom is -0.396 e. The summed E-state index contributed by atoms with van der Waals surface area (Å²) < 4.78 is 0. The zero-order valence-electron chi connectivity index (χ0n) is 12.9. The number of nitrogens with one attached hydrogen (secondary N) is 1. The Kier molecular flexibility index (Phi) is 14.2. The van der Waals surface area contributed by atoms with Crippen LogP contribution in [-0.2, 0) is 4.79 Å². The van der Waals surface area contributed by atoms with E-state index in [2.05, 4.69) is 25.1 Å². The molecule has 0 radical (unpaired) electrons. The summed E-state index contributed by atoms with van der Waals surface area (Å²) in [6.45, 7) is 8.11. The second kappa shape index (κ2) is 13.2. The fraction of sp³-hybridized carbons (Fsp3) is 0.786. The third-order valence-corrected chi connectivity index (χ3v) is 2.62. The van der Waals surface area contributed by atoms with Crippen LogP contribution in [0.15, 0.2) is 11.6 Å². The van der Waals surface area contributed by atoms with E-state index in [4.69, 9.17) is 15.4 Å². The monoisotopic (exact) mass is 290 g/mol. The van der Waals surface area contributed by atoms with Gasteiger partial charge in [-0.25, -0.2) is 5.90 Å². The molecule has 1 rings (SSSR count). The Bertz CT molecular complexity index is 272. The van der Waals surface area contributed by atoms with Crippen molar-refractivity contribution in [3.05, 3.63) is 11.6 Å². The van der Waals surface area contributed by atoms with E-state index in [1.165, 1.54) is 5.57 Å². The standard InChI is InChI=1S/C9H14O.C5H13NO2.H3NO/c1-7-4-8(10)6-9(2,3)5-7;7-4-1-2-6-3-5-8;1-2/h4H,5-6H2,1-3H3;6-8H,1-5H2;2H,1H2. The lowest BCUT2D eigenvalue weighted by Gasteiger charge is -2.27. The average molecular weight is 290 g/mol. The summed E-state index contributed by atoms with van der Waals surface area (Å²) in [4.78, 5) is 11.0. The SMILES string of the molecule is CC1=CC(=O)CC(C)(C)C1.NO.OCCCNCCO. The quantitative estimate of drug-likeness (QED) is 0.374. The van der Waals surface area contributed by atoms with E-state index in [0.717, 1.165) is 19.4 Å². The van der Waals surface area contributed by atoms with Crippen molar-refractivity contribution in [2.45, 2.75) is 40.0 Å². The van der Waals surface area contributed by atoms with Crippen molar-refractivity contribution >= 4 is 5.78 Å². The topological polar surface area (TPSA) is 116 Å². The third kappa shape index (κ3) is 13.6. The first kappa shape index (κ1) is 21.5. The maximum atomic E-state index is 11.0. The molecule has 0 saturated carbocycles. The molecule has 6 N–H and O–H groups in total. The number of nitrogens with two attached hydrogens (primary N) is 1. The Hall–Kier alpha value is -0.790. The molecule has 6 heteroatoms. The molecule has 6 nitrogen and oxygen atoms in total. The lowest BCUT2D eigenvalue weighted by Crippen LogP contribution is -2.20. The second-order valence-corrected chi connectivity index (χ2v) is 5.53. The number of aliphatic hydroxyl groups is 2. The van der Waals surface area contributed by atoms with E-state index < -0.39 is 0 Å². The van der Waals surface area contributed by atoms with E-state index in [-0.39, 0.29) is 24.4 Å². The van der Waals surface area contributed by atoms with Crippen molar-refractivity contribution in [3.63, 3.8) is 0 Å². The van der Waals surface area contributed by atoms with Crippen LogP contribution in [0, 0.1) is 5.41 Å². The van der Waals surface area contributed by atoms with Gasteiger partial charge in [0.25, 0.3) is 0 Å². The lowest BCUT2D eigenvalue weighted by atomic mass is 9.77. The summed E-state index contributed by atoms with van der Waals surface area (Å²) in [5.74, 6) is 3.79. The first-order valence-electron chi connectivity index (χ1n) is 6.79. The predicted octanol–water partition coefficient (Wildman–Crippen LogP) is 0.607. The molecule has 0 aromatic rings. The summed E-state index contributed by atoms with van der Waals surface area (Å²) >= 11 is 0. The number of hydrogen-bond donors (Lipinski definition) is 5. The highest BCUT2D eigenvalue weighted by atomic mass is 16.4. The van der Waals surface area contributed by atoms with Crippen molar-refractivity contribution in [1.29, 1.82) is 0 Å². The van der Waals surface area contributed by atoms with Gasteiger partial charge in [-0.3, -0.25) is 4.79 Å². The molecular weight excluding hydrogens is 260 g/mol. The molecule has 0 fully saturated rings. The molecule has 0 aliphatic heterocycles. The maximum absolute atomic E-state index is 11.0. The number of hydrogen-bond acceptors (Lipinski definition) is 6. The largest absolute Gasteiger partial charge is 0.396 e. The summed E-state index contributed by atoms with van der Waals surface area (Å²) in [6, 6.07) is 0. The molecule has 120 valence electrons. The average Bonchev–Trinajstić information content (AvgIpc) is 2.35. The highest BCUT2D eigenvalue weighted by molar-refractivity contribution is 5.91. The van der Waals surface area contributed by atoms with Crippen LogP contribution in [0.5, 0.6) is 0 Å². The fourth-order valence-corrected chi connectivity index (χ4v) is 2.07. The number of carbonyl (C=O) groups is 1. The molecule has 1 aliphatic carbocycles. The minimum absolute atomic E-state index is 0.172. The molecule has 0 heterocycles. The van der Waals surface area contributed by atoms with Gasteiger partial charge < -0.3 is 20.7 Å². The molecule has 0 saturated heterocycles. The summed E-state index contributed by atoms with van der Waals surface area (Å²) in [5, 5.41) is 25.9. The van der Waals surface area contributed by atoms with Gasteiger partial charge in [0.05, 0.1) is 6.61 Å². The Morgan fingerprint density at radius 3 is 2.20 bits per heavy atom. The van der Waals surface area contributed by atoms with Crippen molar-refractivity contribution in [3.8, 4) is 0 Å². The van der Waals surface area contributed by atoms with Gasteiger partial charge in [0.2, 0.25) is 0 Å². The lowest BCUT2D eigenvalue weighted by molar-refractivity contribution is -0.117. The highest BCUT2D eigenvalue weighted by Crippen LogP contribution is 2.32. The van der Waals surface area contributed by atoms with Gasteiger partial charge in [-0.15, -0.1) is 0 Å². The summed E-state index contributed by atoms with van der Waals surface area (Å²) in [6.07, 6.45) is 4.31. The molecule has 20 heavy (non-hydrogen) atoms. The van der Waals surface area contributed by atoms with E-state index in [9.17, 15) is 4.79 Å². The van der Waals surface area contributed by atoms with E-state index in [0.29, 0.717) is 13.0 Å². The van der Waals surface area contributed by atoms with E-state index in [1.807, 2.05) is 6.92 Å². The second-order valence-electron chi connectivity index (χ2n) is 5.53. The van der Waals surface area contributed by atoms with Crippen molar-refractivity contribution in [1.82, 2.24) is 5.32 Å². The number of aliphatic hydroxyl groups excluding tert-OH is 2. The summed E-state index contributed by atoms with van der Waals surface area (Å²) in [7, 11) is 0. The molecule has 0 unspecified atom stereocenters. The maximum Gasteiger partial charge on any atom is 0.156 e. The number of carbonyl (C=O) groups excluding carboxylic acids is 1. The first-order chi connectivity index (χ1) is 9.41. The van der Waals surface area contributed by atoms with Crippen LogP contribution in [-0.4, -0.2) is 47.5 Å². The number of ketones is 1. The van der Waals surface area contributed by atoms with Crippen LogP contribution in [0.3, 0.4) is 0 Å².